The van der Waals surface area contributed by atoms with E-state index in [1.165, 1.54) is 5.56 Å². The van der Waals surface area contributed by atoms with Crippen LogP contribution in [0.3, 0.4) is 0 Å². The van der Waals surface area contributed by atoms with Crippen molar-refractivity contribution in [2.24, 2.45) is 0 Å². The molecule has 4 rings (SSSR count). The highest BCUT2D eigenvalue weighted by Crippen LogP contribution is 2.32. The zero-order chi connectivity index (χ0) is 19.3. The van der Waals surface area contributed by atoms with Crippen molar-refractivity contribution in [2.75, 3.05) is 46.1 Å². The Balaban J connectivity index is 0.00000160. The molecule has 0 bridgehead atoms. The Morgan fingerprint density at radius 1 is 0.967 bits per heavy atom. The highest BCUT2D eigenvalue weighted by atomic mass is 35.5. The van der Waals surface area contributed by atoms with E-state index in [0.717, 1.165) is 44.2 Å². The number of halogens is 3. The van der Waals surface area contributed by atoms with Crippen LogP contribution in [0, 0.1) is 0 Å². The monoisotopic (exact) mass is 476 g/mol. The molecule has 1 unspecified atom stereocenters. The Kier molecular flexibility index (Phi) is 9.81. The average molecular weight is 478 g/mol. The Labute approximate surface area is 194 Å². The maximum Gasteiger partial charge on any atom is 0.231 e. The van der Waals surface area contributed by atoms with Gasteiger partial charge < -0.3 is 19.3 Å². The third-order valence-corrected chi connectivity index (χ3v) is 5.36. The second kappa shape index (κ2) is 11.8. The third kappa shape index (κ3) is 6.54. The number of fused-ring (bicyclic) bond motifs is 1. The van der Waals surface area contributed by atoms with E-state index in [-0.39, 0.29) is 31.4 Å². The number of β-amino-alcohol motifs (C(OH)–C–C–N with tert-alkyl or cyclic N) is 1. The summed E-state index contributed by atoms with van der Waals surface area (Å²) in [6, 6.07) is 13.4. The molecule has 6 nitrogen and oxygen atoms in total. The molecule has 9 heteroatoms. The molecule has 1 N–H and O–H groups in total. The van der Waals surface area contributed by atoms with Gasteiger partial charge in [-0.15, -0.1) is 24.8 Å². The fourth-order valence-corrected chi connectivity index (χ4v) is 3.72. The number of piperazine rings is 1. The summed E-state index contributed by atoms with van der Waals surface area (Å²) in [6.45, 7) is 5.81. The molecule has 2 aromatic carbocycles. The number of benzene rings is 2. The molecule has 0 aliphatic carbocycles. The summed E-state index contributed by atoms with van der Waals surface area (Å²) in [6.07, 6.45) is -0.545. The Morgan fingerprint density at radius 2 is 1.67 bits per heavy atom. The molecule has 2 aliphatic rings. The average Bonchev–Trinajstić information content (AvgIpc) is 3.17. The lowest BCUT2D eigenvalue weighted by Crippen LogP contribution is -2.48. The highest BCUT2D eigenvalue weighted by molar-refractivity contribution is 6.32. The zero-order valence-electron chi connectivity index (χ0n) is 16.5. The van der Waals surface area contributed by atoms with Crippen LogP contribution in [-0.2, 0) is 6.54 Å². The molecule has 1 fully saturated rings. The van der Waals surface area contributed by atoms with E-state index < -0.39 is 6.10 Å². The van der Waals surface area contributed by atoms with Gasteiger partial charge in [-0.05, 0) is 29.8 Å². The first-order valence-electron chi connectivity index (χ1n) is 9.56. The van der Waals surface area contributed by atoms with Crippen LogP contribution in [0.2, 0.25) is 5.02 Å². The van der Waals surface area contributed by atoms with Crippen molar-refractivity contribution < 1.29 is 19.3 Å². The van der Waals surface area contributed by atoms with Gasteiger partial charge in [0, 0.05) is 39.3 Å². The first-order chi connectivity index (χ1) is 13.7. The van der Waals surface area contributed by atoms with Crippen LogP contribution in [0.25, 0.3) is 0 Å². The number of hydrogen-bond donors (Lipinski definition) is 1. The lowest BCUT2D eigenvalue weighted by molar-refractivity contribution is 0.0446. The maximum atomic E-state index is 10.3. The van der Waals surface area contributed by atoms with Gasteiger partial charge in [-0.2, -0.15) is 0 Å². The fourth-order valence-electron chi connectivity index (χ4n) is 3.53. The number of nitrogens with zero attached hydrogens (tertiary/aromatic N) is 2. The Bertz CT molecular complexity index is 804. The van der Waals surface area contributed by atoms with Crippen molar-refractivity contribution in [3.63, 3.8) is 0 Å². The number of hydrogen-bond acceptors (Lipinski definition) is 6. The molecular weight excluding hydrogens is 451 g/mol. The van der Waals surface area contributed by atoms with Crippen LogP contribution in [0.15, 0.2) is 42.5 Å². The van der Waals surface area contributed by atoms with Crippen molar-refractivity contribution in [1.29, 1.82) is 0 Å². The second-order valence-corrected chi connectivity index (χ2v) is 7.57. The van der Waals surface area contributed by atoms with Gasteiger partial charge >= 0.3 is 0 Å². The van der Waals surface area contributed by atoms with Crippen LogP contribution >= 0.6 is 36.4 Å². The van der Waals surface area contributed by atoms with Gasteiger partial charge in [0.1, 0.15) is 18.5 Å². The van der Waals surface area contributed by atoms with E-state index in [2.05, 4.69) is 21.9 Å². The molecule has 2 aliphatic heterocycles. The number of ether oxygens (including phenoxy) is 3. The SMILES string of the molecule is Cl.Cl.OC(COc1ccccc1Cl)CN1CCN(Cc2ccc3c(c2)OCO3)CC1. The Hall–Kier alpha value is -1.41. The van der Waals surface area contributed by atoms with Gasteiger partial charge in [-0.1, -0.05) is 29.8 Å². The van der Waals surface area contributed by atoms with Crippen LogP contribution in [-0.4, -0.2) is 67.1 Å². The van der Waals surface area contributed by atoms with Gasteiger partial charge in [0.25, 0.3) is 0 Å². The van der Waals surface area contributed by atoms with Gasteiger partial charge in [-0.3, -0.25) is 9.80 Å². The van der Waals surface area contributed by atoms with E-state index in [1.807, 2.05) is 24.3 Å². The molecule has 1 atom stereocenters. The van der Waals surface area contributed by atoms with Gasteiger partial charge in [0.2, 0.25) is 6.79 Å². The van der Waals surface area contributed by atoms with Crippen LogP contribution in [0.1, 0.15) is 5.56 Å². The summed E-state index contributed by atoms with van der Waals surface area (Å²) in [7, 11) is 0. The number of aliphatic hydroxyl groups excluding tert-OH is 1. The van der Waals surface area contributed by atoms with E-state index >= 15 is 0 Å². The lowest BCUT2D eigenvalue weighted by atomic mass is 10.1. The summed E-state index contributed by atoms with van der Waals surface area (Å²) in [5.74, 6) is 2.26. The van der Waals surface area contributed by atoms with Crippen molar-refractivity contribution >= 4 is 36.4 Å². The van der Waals surface area contributed by atoms with Crippen molar-refractivity contribution in [3.05, 3.63) is 53.1 Å². The molecule has 1 saturated heterocycles. The largest absolute Gasteiger partial charge is 0.489 e. The first kappa shape index (κ1) is 24.9. The van der Waals surface area contributed by atoms with Crippen molar-refractivity contribution in [2.45, 2.75) is 12.6 Å². The smallest absolute Gasteiger partial charge is 0.231 e. The van der Waals surface area contributed by atoms with Crippen LogP contribution < -0.4 is 14.2 Å². The van der Waals surface area contributed by atoms with E-state index in [4.69, 9.17) is 25.8 Å². The minimum Gasteiger partial charge on any atom is -0.489 e. The van der Waals surface area contributed by atoms with E-state index in [1.54, 1.807) is 6.07 Å². The standard InChI is InChI=1S/C21H25ClN2O4.2ClH/c22-18-3-1-2-4-19(18)26-14-17(25)13-24-9-7-23(8-10-24)12-16-5-6-20-21(11-16)28-15-27-20;;/h1-6,11,17,25H,7-10,12-15H2;2*1H. The van der Waals surface area contributed by atoms with Crippen molar-refractivity contribution in [1.82, 2.24) is 9.80 Å². The van der Waals surface area contributed by atoms with Gasteiger partial charge in [-0.25, -0.2) is 0 Å². The molecule has 0 radical (unpaired) electrons. The minimum absolute atomic E-state index is 0. The predicted molar refractivity (Wildman–Crippen MR) is 122 cm³/mol. The summed E-state index contributed by atoms with van der Waals surface area (Å²) < 4.78 is 16.5. The molecular formula is C21H27Cl3N2O4. The molecule has 0 saturated carbocycles. The molecule has 0 amide bonds. The Morgan fingerprint density at radius 3 is 2.43 bits per heavy atom. The number of aliphatic hydroxyl groups is 1. The van der Waals surface area contributed by atoms with Crippen molar-refractivity contribution in [3.8, 4) is 17.2 Å². The zero-order valence-corrected chi connectivity index (χ0v) is 18.9. The second-order valence-electron chi connectivity index (χ2n) is 7.16. The quantitative estimate of drug-likeness (QED) is 0.659. The summed E-state index contributed by atoms with van der Waals surface area (Å²) >= 11 is 6.08. The summed E-state index contributed by atoms with van der Waals surface area (Å²) in [5.41, 5.74) is 1.23. The fraction of sp³-hybridized carbons (Fsp3) is 0.429. The topological polar surface area (TPSA) is 54.4 Å². The van der Waals surface area contributed by atoms with Gasteiger partial charge in [0.15, 0.2) is 11.5 Å². The van der Waals surface area contributed by atoms with Crippen LogP contribution in [0.4, 0.5) is 0 Å². The number of para-hydroxylation sites is 1. The number of rotatable bonds is 7. The summed E-state index contributed by atoms with van der Waals surface area (Å²) in [4.78, 5) is 4.69. The molecule has 30 heavy (non-hydrogen) atoms. The van der Waals surface area contributed by atoms with E-state index in [0.29, 0.717) is 24.1 Å². The lowest BCUT2D eigenvalue weighted by Gasteiger charge is -2.35. The van der Waals surface area contributed by atoms with Crippen LogP contribution in [0.5, 0.6) is 17.2 Å². The molecule has 0 aromatic heterocycles. The third-order valence-electron chi connectivity index (χ3n) is 5.04. The normalized spacial score (nSPS) is 17.0. The van der Waals surface area contributed by atoms with Gasteiger partial charge in [0.05, 0.1) is 5.02 Å². The predicted octanol–water partition coefficient (Wildman–Crippen LogP) is 3.47. The highest BCUT2D eigenvalue weighted by Gasteiger charge is 2.21. The minimum atomic E-state index is -0.545. The first-order valence-corrected chi connectivity index (χ1v) is 9.94. The molecule has 166 valence electrons. The maximum absolute atomic E-state index is 10.3. The molecule has 2 aromatic rings. The molecule has 2 heterocycles. The van der Waals surface area contributed by atoms with E-state index in [9.17, 15) is 5.11 Å². The summed E-state index contributed by atoms with van der Waals surface area (Å²) in [5, 5.41) is 10.9. The molecule has 0 spiro atoms.